The van der Waals surface area contributed by atoms with Gasteiger partial charge in [0.25, 0.3) is 5.88 Å². The highest BCUT2D eigenvalue weighted by Crippen LogP contribution is 2.30. The molecule has 0 aromatic carbocycles. The second kappa shape index (κ2) is 5.57. The predicted molar refractivity (Wildman–Crippen MR) is 88.4 cm³/mol. The molecule has 0 radical (unpaired) electrons. The minimum absolute atomic E-state index is 0.548. The first-order valence-corrected chi connectivity index (χ1v) is 8.08. The van der Waals surface area contributed by atoms with Gasteiger partial charge in [0.05, 0.1) is 12.1 Å². The first-order chi connectivity index (χ1) is 11.2. The predicted octanol–water partition coefficient (Wildman–Crippen LogP) is 1.85. The van der Waals surface area contributed by atoms with Crippen LogP contribution in [0.2, 0.25) is 0 Å². The first kappa shape index (κ1) is 14.1. The summed E-state index contributed by atoms with van der Waals surface area (Å²) in [4.78, 5) is 0. The van der Waals surface area contributed by atoms with Crippen LogP contribution in [-0.2, 0) is 26.3 Å². The number of rotatable bonds is 4. The Morgan fingerprint density at radius 2 is 2.04 bits per heavy atom. The fourth-order valence-electron chi connectivity index (χ4n) is 3.21. The summed E-state index contributed by atoms with van der Waals surface area (Å²) in [5.74, 6) is 0.548. The SMILES string of the molecule is C[n+]1ccc(CCOc2nn3c4c(ccc3c2N)CCC4)cc1. The molecule has 118 valence electrons. The van der Waals surface area contributed by atoms with Crippen LogP contribution in [0.25, 0.3) is 5.52 Å². The number of aromatic nitrogens is 3. The molecule has 5 heteroatoms. The molecular formula is C18H21N4O+. The standard InChI is InChI=1S/C18H21N4O/c1-21-10-7-13(8-11-21)9-12-23-18-17(19)16-6-5-14-3-2-4-15(14)22(16)20-18/h5-8,10-11H,2-4,9,12,19H2,1H3/q+1. The van der Waals surface area contributed by atoms with Gasteiger partial charge in [0, 0.05) is 24.2 Å². The van der Waals surface area contributed by atoms with Crippen molar-refractivity contribution in [3.8, 4) is 5.88 Å². The van der Waals surface area contributed by atoms with Crippen molar-refractivity contribution in [3.63, 3.8) is 0 Å². The third-order valence-corrected chi connectivity index (χ3v) is 4.53. The van der Waals surface area contributed by atoms with Crippen LogP contribution in [0, 0.1) is 0 Å². The monoisotopic (exact) mass is 309 g/mol. The van der Waals surface area contributed by atoms with Crippen LogP contribution in [0.4, 0.5) is 5.69 Å². The molecule has 0 aliphatic heterocycles. The highest BCUT2D eigenvalue weighted by atomic mass is 16.5. The van der Waals surface area contributed by atoms with Gasteiger partial charge in [-0.3, -0.25) is 0 Å². The zero-order valence-electron chi connectivity index (χ0n) is 13.3. The van der Waals surface area contributed by atoms with Crippen LogP contribution < -0.4 is 15.0 Å². The molecule has 0 atom stereocenters. The van der Waals surface area contributed by atoms with Gasteiger partial charge in [0.1, 0.15) is 12.7 Å². The smallest absolute Gasteiger partial charge is 0.257 e. The molecule has 3 heterocycles. The van der Waals surface area contributed by atoms with Crippen molar-refractivity contribution >= 4 is 11.2 Å². The number of nitrogens with zero attached hydrogens (tertiary/aromatic N) is 3. The number of anilines is 1. The van der Waals surface area contributed by atoms with Gasteiger partial charge in [-0.15, -0.1) is 5.10 Å². The van der Waals surface area contributed by atoms with Crippen molar-refractivity contribution in [2.24, 2.45) is 7.05 Å². The zero-order chi connectivity index (χ0) is 15.8. The fraction of sp³-hybridized carbons (Fsp3) is 0.333. The van der Waals surface area contributed by atoms with E-state index in [0.29, 0.717) is 18.2 Å². The quantitative estimate of drug-likeness (QED) is 0.748. The van der Waals surface area contributed by atoms with E-state index in [9.17, 15) is 0 Å². The lowest BCUT2D eigenvalue weighted by molar-refractivity contribution is -0.671. The molecule has 0 amide bonds. The van der Waals surface area contributed by atoms with E-state index < -0.39 is 0 Å². The highest BCUT2D eigenvalue weighted by Gasteiger charge is 2.19. The van der Waals surface area contributed by atoms with Crippen molar-refractivity contribution in [3.05, 3.63) is 53.5 Å². The van der Waals surface area contributed by atoms with Crippen LogP contribution in [0.15, 0.2) is 36.7 Å². The molecule has 5 nitrogen and oxygen atoms in total. The Labute approximate surface area is 135 Å². The van der Waals surface area contributed by atoms with Crippen LogP contribution in [0.5, 0.6) is 5.88 Å². The van der Waals surface area contributed by atoms with Gasteiger partial charge in [0.2, 0.25) is 0 Å². The number of pyridine rings is 2. The maximum absolute atomic E-state index is 6.22. The Morgan fingerprint density at radius 3 is 2.87 bits per heavy atom. The third kappa shape index (κ3) is 2.52. The molecule has 1 aliphatic rings. The molecule has 23 heavy (non-hydrogen) atoms. The maximum Gasteiger partial charge on any atom is 0.257 e. The largest absolute Gasteiger partial charge is 0.475 e. The summed E-state index contributed by atoms with van der Waals surface area (Å²) < 4.78 is 9.84. The van der Waals surface area contributed by atoms with Crippen LogP contribution in [0.1, 0.15) is 23.2 Å². The van der Waals surface area contributed by atoms with E-state index in [2.05, 4.69) is 29.4 Å². The van der Waals surface area contributed by atoms with E-state index in [1.165, 1.54) is 23.2 Å². The number of nitrogens with two attached hydrogens (primary N) is 1. The van der Waals surface area contributed by atoms with Gasteiger partial charge in [-0.05, 0) is 36.5 Å². The summed E-state index contributed by atoms with van der Waals surface area (Å²) in [6, 6.07) is 8.42. The Kier molecular flexibility index (Phi) is 3.41. The number of nitrogen functional groups attached to an aromatic ring is 1. The minimum atomic E-state index is 0.548. The van der Waals surface area contributed by atoms with Crippen LogP contribution in [0.3, 0.4) is 0 Å². The Bertz CT molecular complexity index is 852. The van der Waals surface area contributed by atoms with E-state index >= 15 is 0 Å². The van der Waals surface area contributed by atoms with Crippen molar-refractivity contribution in [1.29, 1.82) is 0 Å². The normalized spacial score (nSPS) is 13.4. The van der Waals surface area contributed by atoms with Crippen molar-refractivity contribution < 1.29 is 9.30 Å². The van der Waals surface area contributed by atoms with E-state index in [-0.39, 0.29) is 0 Å². The second-order valence-electron chi connectivity index (χ2n) is 6.15. The molecular weight excluding hydrogens is 288 g/mol. The van der Waals surface area contributed by atoms with Gasteiger partial charge in [-0.25, -0.2) is 9.08 Å². The first-order valence-electron chi connectivity index (χ1n) is 8.08. The van der Waals surface area contributed by atoms with Gasteiger partial charge >= 0.3 is 0 Å². The Morgan fingerprint density at radius 1 is 1.22 bits per heavy atom. The molecule has 0 bridgehead atoms. The minimum Gasteiger partial charge on any atom is -0.475 e. The summed E-state index contributed by atoms with van der Waals surface area (Å²) in [5.41, 5.74) is 11.7. The molecule has 4 rings (SSSR count). The average molecular weight is 309 g/mol. The summed E-state index contributed by atoms with van der Waals surface area (Å²) in [5, 5.41) is 4.59. The topological polar surface area (TPSA) is 56.4 Å². The van der Waals surface area contributed by atoms with E-state index in [1.54, 1.807) is 0 Å². The van der Waals surface area contributed by atoms with Crippen molar-refractivity contribution in [1.82, 2.24) is 9.61 Å². The summed E-state index contributed by atoms with van der Waals surface area (Å²) in [7, 11) is 2.01. The van der Waals surface area contributed by atoms with Gasteiger partial charge < -0.3 is 10.5 Å². The lowest BCUT2D eigenvalue weighted by Crippen LogP contribution is -2.26. The van der Waals surface area contributed by atoms with E-state index in [1.807, 2.05) is 28.5 Å². The van der Waals surface area contributed by atoms with Crippen molar-refractivity contribution in [2.45, 2.75) is 25.7 Å². The lowest BCUT2D eigenvalue weighted by atomic mass is 10.2. The van der Waals surface area contributed by atoms with Crippen LogP contribution in [-0.4, -0.2) is 16.2 Å². The summed E-state index contributed by atoms with van der Waals surface area (Å²) >= 11 is 0. The average Bonchev–Trinajstić information content (AvgIpc) is 3.15. The second-order valence-corrected chi connectivity index (χ2v) is 6.15. The molecule has 0 spiro atoms. The number of hydrogen-bond acceptors (Lipinski definition) is 3. The molecule has 0 unspecified atom stereocenters. The van der Waals surface area contributed by atoms with E-state index in [4.69, 9.17) is 10.5 Å². The van der Waals surface area contributed by atoms with Crippen molar-refractivity contribution in [2.75, 3.05) is 12.3 Å². The van der Waals surface area contributed by atoms with E-state index in [0.717, 1.165) is 24.8 Å². The maximum atomic E-state index is 6.22. The molecule has 0 saturated heterocycles. The highest BCUT2D eigenvalue weighted by molar-refractivity contribution is 5.75. The molecule has 0 fully saturated rings. The molecule has 3 aromatic rings. The molecule has 3 aromatic heterocycles. The Hall–Kier alpha value is -2.56. The molecule has 2 N–H and O–H groups in total. The lowest BCUT2D eigenvalue weighted by Gasteiger charge is -2.03. The third-order valence-electron chi connectivity index (χ3n) is 4.53. The van der Waals surface area contributed by atoms with Gasteiger partial charge in [0.15, 0.2) is 12.4 Å². The number of ether oxygens (including phenoxy) is 1. The zero-order valence-corrected chi connectivity index (χ0v) is 13.3. The summed E-state index contributed by atoms with van der Waals surface area (Å²) in [6.45, 7) is 0.573. The fourth-order valence-corrected chi connectivity index (χ4v) is 3.21. The van der Waals surface area contributed by atoms with Gasteiger partial charge in [-0.1, -0.05) is 6.07 Å². The summed E-state index contributed by atoms with van der Waals surface area (Å²) in [6.07, 6.45) is 8.30. The molecule has 0 saturated carbocycles. The number of hydrogen-bond donors (Lipinski definition) is 1. The van der Waals surface area contributed by atoms with Gasteiger partial charge in [-0.2, -0.15) is 0 Å². The molecule has 1 aliphatic carbocycles. The Balaban J connectivity index is 1.53. The number of fused-ring (bicyclic) bond motifs is 3. The van der Waals surface area contributed by atoms with Crippen LogP contribution >= 0.6 is 0 Å². The number of aryl methyl sites for hydroxylation is 3.